The molecular weight excluding hydrogens is 376 g/mol. The molecule has 0 aromatic heterocycles. The third-order valence-corrected chi connectivity index (χ3v) is 5.66. The van der Waals surface area contributed by atoms with Crippen LogP contribution in [0.2, 0.25) is 0 Å². The number of amides is 1. The smallest absolute Gasteiger partial charge is 0.261 e. The lowest BCUT2D eigenvalue weighted by Crippen LogP contribution is -2.37. The van der Waals surface area contributed by atoms with Gasteiger partial charge in [0, 0.05) is 18.3 Å². The van der Waals surface area contributed by atoms with Crippen molar-refractivity contribution in [1.29, 1.82) is 0 Å². The molecule has 6 nitrogen and oxygen atoms in total. The molecule has 1 atom stereocenters. The minimum absolute atomic E-state index is 0.108. The lowest BCUT2D eigenvalue weighted by Gasteiger charge is -2.21. The molecule has 3 N–H and O–H groups in total. The van der Waals surface area contributed by atoms with Crippen molar-refractivity contribution in [3.63, 3.8) is 0 Å². The molecule has 27 heavy (non-hydrogen) atoms. The summed E-state index contributed by atoms with van der Waals surface area (Å²) < 4.78 is 53.4. The first-order valence-electron chi connectivity index (χ1n) is 8.45. The maximum absolute atomic E-state index is 13.7. The SMILES string of the molecule is O=C(Nc1ccc(S(=O)(=O)Nc2ccc(F)cc2F)cc1)C1CCCNC1. The van der Waals surface area contributed by atoms with Crippen molar-refractivity contribution in [3.8, 4) is 0 Å². The Labute approximate surface area is 156 Å². The van der Waals surface area contributed by atoms with Gasteiger partial charge in [-0.3, -0.25) is 9.52 Å². The van der Waals surface area contributed by atoms with Crippen molar-refractivity contribution < 1.29 is 22.0 Å². The Morgan fingerprint density at radius 2 is 1.85 bits per heavy atom. The summed E-state index contributed by atoms with van der Waals surface area (Å²) in [5.74, 6) is -2.05. The Hall–Kier alpha value is -2.52. The Kier molecular flexibility index (Phi) is 5.71. The molecule has 9 heteroatoms. The maximum Gasteiger partial charge on any atom is 0.261 e. The number of piperidine rings is 1. The van der Waals surface area contributed by atoms with Crippen LogP contribution in [-0.4, -0.2) is 27.4 Å². The molecule has 0 aliphatic carbocycles. The Morgan fingerprint density at radius 1 is 1.11 bits per heavy atom. The van der Waals surface area contributed by atoms with Crippen LogP contribution < -0.4 is 15.4 Å². The lowest BCUT2D eigenvalue weighted by atomic mass is 9.99. The topological polar surface area (TPSA) is 87.3 Å². The number of nitrogens with one attached hydrogen (secondary N) is 3. The van der Waals surface area contributed by atoms with Crippen LogP contribution in [0.5, 0.6) is 0 Å². The number of sulfonamides is 1. The van der Waals surface area contributed by atoms with Gasteiger partial charge in [-0.1, -0.05) is 0 Å². The van der Waals surface area contributed by atoms with Crippen LogP contribution >= 0.6 is 0 Å². The highest BCUT2D eigenvalue weighted by molar-refractivity contribution is 7.92. The van der Waals surface area contributed by atoms with E-state index in [4.69, 9.17) is 0 Å². The zero-order valence-electron chi connectivity index (χ0n) is 14.3. The summed E-state index contributed by atoms with van der Waals surface area (Å²) in [6.45, 7) is 1.52. The van der Waals surface area contributed by atoms with Crippen LogP contribution in [0.15, 0.2) is 47.4 Å². The molecule has 2 aromatic rings. The largest absolute Gasteiger partial charge is 0.326 e. The van der Waals surface area contributed by atoms with E-state index >= 15 is 0 Å². The second-order valence-electron chi connectivity index (χ2n) is 6.29. The first-order chi connectivity index (χ1) is 12.8. The third kappa shape index (κ3) is 4.81. The molecule has 0 spiro atoms. The van der Waals surface area contributed by atoms with Gasteiger partial charge >= 0.3 is 0 Å². The summed E-state index contributed by atoms with van der Waals surface area (Å²) in [5.41, 5.74) is 0.121. The average molecular weight is 395 g/mol. The van der Waals surface area contributed by atoms with Gasteiger partial charge in [0.15, 0.2) is 0 Å². The van der Waals surface area contributed by atoms with E-state index in [1.54, 1.807) is 0 Å². The predicted molar refractivity (Wildman–Crippen MR) is 97.8 cm³/mol. The predicted octanol–water partition coefficient (Wildman–Crippen LogP) is 2.70. The molecule has 1 saturated heterocycles. The minimum atomic E-state index is -4.05. The lowest BCUT2D eigenvalue weighted by molar-refractivity contribution is -0.120. The van der Waals surface area contributed by atoms with Gasteiger partial charge in [0.05, 0.1) is 16.5 Å². The number of carbonyl (C=O) groups excluding carboxylic acids is 1. The normalized spacial score (nSPS) is 17.3. The summed E-state index contributed by atoms with van der Waals surface area (Å²) in [5, 5.41) is 5.92. The van der Waals surface area contributed by atoms with E-state index in [2.05, 4.69) is 15.4 Å². The Morgan fingerprint density at radius 3 is 2.48 bits per heavy atom. The summed E-state index contributed by atoms with van der Waals surface area (Å²) >= 11 is 0. The van der Waals surface area contributed by atoms with Crippen molar-refractivity contribution in [2.45, 2.75) is 17.7 Å². The third-order valence-electron chi connectivity index (χ3n) is 4.28. The van der Waals surface area contributed by atoms with Crippen molar-refractivity contribution >= 4 is 27.3 Å². The summed E-state index contributed by atoms with van der Waals surface area (Å²) in [7, 11) is -4.05. The molecule has 1 heterocycles. The number of benzene rings is 2. The molecular formula is C18H19F2N3O3S. The molecule has 1 unspecified atom stereocenters. The molecule has 2 aromatic carbocycles. The Bertz CT molecular complexity index is 927. The standard InChI is InChI=1S/C18H19F2N3O3S/c19-13-3-8-17(16(20)10-13)23-27(25,26)15-6-4-14(5-7-15)22-18(24)12-2-1-9-21-11-12/h3-8,10,12,21,23H,1-2,9,11H2,(H,22,24). The van der Waals surface area contributed by atoms with Crippen LogP contribution in [-0.2, 0) is 14.8 Å². The molecule has 0 radical (unpaired) electrons. The van der Waals surface area contributed by atoms with Crippen molar-refractivity contribution in [1.82, 2.24) is 5.32 Å². The number of halogens is 2. The molecule has 0 bridgehead atoms. The van der Waals surface area contributed by atoms with Gasteiger partial charge in [0.2, 0.25) is 5.91 Å². The van der Waals surface area contributed by atoms with Crippen LogP contribution in [0.4, 0.5) is 20.2 Å². The molecule has 1 amide bonds. The average Bonchev–Trinajstić information content (AvgIpc) is 2.65. The summed E-state index contributed by atoms with van der Waals surface area (Å²) in [4.78, 5) is 12.1. The molecule has 144 valence electrons. The van der Waals surface area contributed by atoms with Crippen LogP contribution in [0, 0.1) is 17.6 Å². The molecule has 1 aliphatic rings. The number of hydrogen-bond acceptors (Lipinski definition) is 4. The van der Waals surface area contributed by atoms with Crippen molar-refractivity contribution in [2.24, 2.45) is 5.92 Å². The summed E-state index contributed by atoms with van der Waals surface area (Å²) in [6, 6.07) is 8.09. The van der Waals surface area contributed by atoms with E-state index in [1.165, 1.54) is 24.3 Å². The van der Waals surface area contributed by atoms with Crippen molar-refractivity contribution in [3.05, 3.63) is 54.1 Å². The Balaban J connectivity index is 1.69. The van der Waals surface area contributed by atoms with Crippen LogP contribution in [0.3, 0.4) is 0 Å². The fraction of sp³-hybridized carbons (Fsp3) is 0.278. The van der Waals surface area contributed by atoms with Gasteiger partial charge in [-0.05, 0) is 55.8 Å². The summed E-state index contributed by atoms with van der Waals surface area (Å²) in [6.07, 6.45) is 1.74. The van der Waals surface area contributed by atoms with E-state index in [-0.39, 0.29) is 22.4 Å². The maximum atomic E-state index is 13.7. The highest BCUT2D eigenvalue weighted by Gasteiger charge is 2.21. The van der Waals surface area contributed by atoms with Crippen LogP contribution in [0.25, 0.3) is 0 Å². The van der Waals surface area contributed by atoms with E-state index in [0.717, 1.165) is 31.5 Å². The number of hydrogen-bond donors (Lipinski definition) is 3. The first-order valence-corrected chi connectivity index (χ1v) is 9.93. The molecule has 1 fully saturated rings. The number of rotatable bonds is 5. The molecule has 0 saturated carbocycles. The quantitative estimate of drug-likeness (QED) is 0.727. The number of carbonyl (C=O) groups is 1. The van der Waals surface area contributed by atoms with E-state index in [1.807, 2.05) is 0 Å². The fourth-order valence-electron chi connectivity index (χ4n) is 2.81. The minimum Gasteiger partial charge on any atom is -0.326 e. The molecule has 3 rings (SSSR count). The van der Waals surface area contributed by atoms with E-state index < -0.39 is 21.7 Å². The van der Waals surface area contributed by atoms with Gasteiger partial charge in [0.1, 0.15) is 11.6 Å². The zero-order chi connectivity index (χ0) is 19.4. The highest BCUT2D eigenvalue weighted by Crippen LogP contribution is 2.22. The van der Waals surface area contributed by atoms with Crippen LogP contribution in [0.1, 0.15) is 12.8 Å². The van der Waals surface area contributed by atoms with Gasteiger partial charge in [-0.2, -0.15) is 0 Å². The fourth-order valence-corrected chi connectivity index (χ4v) is 3.88. The molecule has 1 aliphatic heterocycles. The van der Waals surface area contributed by atoms with Gasteiger partial charge < -0.3 is 10.6 Å². The second-order valence-corrected chi connectivity index (χ2v) is 7.97. The first kappa shape index (κ1) is 19.2. The zero-order valence-corrected chi connectivity index (χ0v) is 15.2. The monoisotopic (exact) mass is 395 g/mol. The van der Waals surface area contributed by atoms with E-state index in [0.29, 0.717) is 18.3 Å². The van der Waals surface area contributed by atoms with Gasteiger partial charge in [0.25, 0.3) is 10.0 Å². The van der Waals surface area contributed by atoms with Crippen molar-refractivity contribution in [2.75, 3.05) is 23.1 Å². The van der Waals surface area contributed by atoms with Gasteiger partial charge in [-0.15, -0.1) is 0 Å². The van der Waals surface area contributed by atoms with Gasteiger partial charge in [-0.25, -0.2) is 17.2 Å². The van der Waals surface area contributed by atoms with E-state index in [9.17, 15) is 22.0 Å². The second kappa shape index (κ2) is 8.01. The highest BCUT2D eigenvalue weighted by atomic mass is 32.2. The number of anilines is 2.